The number of rotatable bonds is 4. The second-order valence-electron chi connectivity index (χ2n) is 5.75. The molecule has 0 radical (unpaired) electrons. The smallest absolute Gasteiger partial charge is 0.191 e. The first-order valence-corrected chi connectivity index (χ1v) is 8.09. The third-order valence-corrected chi connectivity index (χ3v) is 3.99. The van der Waals surface area contributed by atoms with Crippen molar-refractivity contribution in [3.05, 3.63) is 77.5 Å². The number of hydrogen-bond donors (Lipinski definition) is 2. The third-order valence-electron chi connectivity index (χ3n) is 3.99. The monoisotopic (exact) mass is 318 g/mol. The summed E-state index contributed by atoms with van der Waals surface area (Å²) in [5.41, 5.74) is 4.72. The molecule has 1 heterocycles. The molecule has 0 atom stereocenters. The molecule has 0 amide bonds. The van der Waals surface area contributed by atoms with Crippen LogP contribution in [-0.4, -0.2) is 18.0 Å². The van der Waals surface area contributed by atoms with E-state index in [1.54, 1.807) is 7.05 Å². The molecule has 0 spiro atoms. The summed E-state index contributed by atoms with van der Waals surface area (Å²) in [5.74, 6) is 0.788. The Balaban J connectivity index is 1.62. The van der Waals surface area contributed by atoms with E-state index in [0.717, 1.165) is 18.0 Å². The number of fused-ring (bicyclic) bond motifs is 1. The van der Waals surface area contributed by atoms with E-state index in [9.17, 15) is 0 Å². The number of nitrogens with one attached hydrogen (secondary N) is 2. The summed E-state index contributed by atoms with van der Waals surface area (Å²) >= 11 is 0. The van der Waals surface area contributed by atoms with Gasteiger partial charge in [0.25, 0.3) is 0 Å². The molecule has 3 aromatic rings. The Kier molecular flexibility index (Phi) is 5.06. The maximum atomic E-state index is 4.40. The Morgan fingerprint density at radius 2 is 1.71 bits per heavy atom. The molecule has 2 aromatic carbocycles. The van der Waals surface area contributed by atoms with Gasteiger partial charge >= 0.3 is 0 Å². The van der Waals surface area contributed by atoms with Crippen molar-refractivity contribution in [1.29, 1.82) is 0 Å². The molecule has 122 valence electrons. The predicted octanol–water partition coefficient (Wildman–Crippen LogP) is 3.41. The van der Waals surface area contributed by atoms with E-state index in [1.807, 2.05) is 30.5 Å². The molecule has 0 fully saturated rings. The minimum absolute atomic E-state index is 0.705. The van der Waals surface area contributed by atoms with Gasteiger partial charge in [-0.15, -0.1) is 0 Å². The molecule has 0 saturated carbocycles. The Morgan fingerprint density at radius 1 is 0.958 bits per heavy atom. The lowest BCUT2D eigenvalue weighted by Crippen LogP contribution is -2.36. The van der Waals surface area contributed by atoms with Crippen LogP contribution >= 0.6 is 0 Å². The highest BCUT2D eigenvalue weighted by Gasteiger charge is 2.03. The largest absolute Gasteiger partial charge is 0.352 e. The van der Waals surface area contributed by atoms with Crippen LogP contribution in [-0.2, 0) is 13.1 Å². The Bertz CT molecular complexity index is 832. The summed E-state index contributed by atoms with van der Waals surface area (Å²) in [7, 11) is 1.79. The van der Waals surface area contributed by atoms with Gasteiger partial charge in [0.1, 0.15) is 0 Å². The molecule has 4 heteroatoms. The van der Waals surface area contributed by atoms with Crippen LogP contribution in [0.2, 0.25) is 0 Å². The first kappa shape index (κ1) is 16.0. The number of pyridine rings is 1. The number of nitrogens with zero attached hydrogens (tertiary/aromatic N) is 2. The van der Waals surface area contributed by atoms with Gasteiger partial charge in [-0.05, 0) is 30.2 Å². The summed E-state index contributed by atoms with van der Waals surface area (Å²) in [6.45, 7) is 3.55. The topological polar surface area (TPSA) is 49.3 Å². The Hall–Kier alpha value is -2.88. The van der Waals surface area contributed by atoms with Crippen LogP contribution in [0.15, 0.2) is 65.8 Å². The molecule has 0 aliphatic rings. The minimum atomic E-state index is 0.705. The van der Waals surface area contributed by atoms with Crippen molar-refractivity contribution in [3.8, 4) is 0 Å². The summed E-state index contributed by atoms with van der Waals surface area (Å²) in [4.78, 5) is 8.69. The van der Waals surface area contributed by atoms with Gasteiger partial charge in [-0.3, -0.25) is 9.98 Å². The summed E-state index contributed by atoms with van der Waals surface area (Å²) in [6.07, 6.45) is 1.85. The first-order chi connectivity index (χ1) is 11.8. The van der Waals surface area contributed by atoms with Gasteiger partial charge in [0, 0.05) is 31.7 Å². The maximum absolute atomic E-state index is 4.40. The summed E-state index contributed by atoms with van der Waals surface area (Å²) < 4.78 is 0. The maximum Gasteiger partial charge on any atom is 0.191 e. The van der Waals surface area contributed by atoms with Gasteiger partial charge in [-0.25, -0.2) is 0 Å². The van der Waals surface area contributed by atoms with Gasteiger partial charge in [0.15, 0.2) is 5.96 Å². The van der Waals surface area contributed by atoms with Crippen LogP contribution in [0.5, 0.6) is 0 Å². The lowest BCUT2D eigenvalue weighted by Gasteiger charge is -2.13. The van der Waals surface area contributed by atoms with E-state index in [0.29, 0.717) is 6.54 Å². The van der Waals surface area contributed by atoms with Crippen LogP contribution in [0.1, 0.15) is 16.7 Å². The summed E-state index contributed by atoms with van der Waals surface area (Å²) in [5, 5.41) is 7.89. The van der Waals surface area contributed by atoms with E-state index >= 15 is 0 Å². The quantitative estimate of drug-likeness (QED) is 0.572. The van der Waals surface area contributed by atoms with E-state index in [-0.39, 0.29) is 0 Å². The van der Waals surface area contributed by atoms with Crippen LogP contribution in [0, 0.1) is 6.92 Å². The second kappa shape index (κ2) is 7.59. The minimum Gasteiger partial charge on any atom is -0.352 e. The Labute approximate surface area is 142 Å². The zero-order chi connectivity index (χ0) is 16.8. The van der Waals surface area contributed by atoms with Crippen molar-refractivity contribution in [2.24, 2.45) is 4.99 Å². The second-order valence-corrected chi connectivity index (χ2v) is 5.75. The van der Waals surface area contributed by atoms with Gasteiger partial charge in [0.05, 0.1) is 5.52 Å². The fraction of sp³-hybridized carbons (Fsp3) is 0.200. The molecule has 3 rings (SSSR count). The zero-order valence-corrected chi connectivity index (χ0v) is 14.1. The van der Waals surface area contributed by atoms with Gasteiger partial charge in [-0.2, -0.15) is 0 Å². The highest BCUT2D eigenvalue weighted by Crippen LogP contribution is 2.15. The lowest BCUT2D eigenvalue weighted by atomic mass is 10.1. The van der Waals surface area contributed by atoms with E-state index in [2.05, 4.69) is 57.9 Å². The molecule has 0 unspecified atom stereocenters. The van der Waals surface area contributed by atoms with E-state index in [1.165, 1.54) is 22.1 Å². The fourth-order valence-corrected chi connectivity index (χ4v) is 2.60. The van der Waals surface area contributed by atoms with Gasteiger partial charge in [0.2, 0.25) is 0 Å². The fourth-order valence-electron chi connectivity index (χ4n) is 2.60. The van der Waals surface area contributed by atoms with Crippen molar-refractivity contribution >= 4 is 16.9 Å². The number of hydrogen-bond acceptors (Lipinski definition) is 2. The van der Waals surface area contributed by atoms with E-state index < -0.39 is 0 Å². The molecule has 0 aliphatic heterocycles. The van der Waals surface area contributed by atoms with Crippen LogP contribution in [0.25, 0.3) is 10.9 Å². The molecular formula is C20H22N4. The van der Waals surface area contributed by atoms with Gasteiger partial charge < -0.3 is 10.6 Å². The predicted molar refractivity (Wildman–Crippen MR) is 100.0 cm³/mol. The van der Waals surface area contributed by atoms with Gasteiger partial charge in [-0.1, -0.05) is 48.0 Å². The number of benzene rings is 2. The summed E-state index contributed by atoms with van der Waals surface area (Å²) in [6, 6.07) is 18.7. The zero-order valence-electron chi connectivity index (χ0n) is 14.1. The number of guanidine groups is 1. The SMILES string of the molecule is CN=C(NCc1ccc(C)cc1)NCc1ccnc2ccccc12. The molecule has 4 nitrogen and oxygen atoms in total. The van der Waals surface area contributed by atoms with Crippen molar-refractivity contribution in [3.63, 3.8) is 0 Å². The molecule has 0 bridgehead atoms. The highest BCUT2D eigenvalue weighted by atomic mass is 15.2. The molecular weight excluding hydrogens is 296 g/mol. The Morgan fingerprint density at radius 3 is 2.50 bits per heavy atom. The van der Waals surface area contributed by atoms with Crippen molar-refractivity contribution in [1.82, 2.24) is 15.6 Å². The average molecular weight is 318 g/mol. The highest BCUT2D eigenvalue weighted by molar-refractivity contribution is 5.83. The van der Waals surface area contributed by atoms with E-state index in [4.69, 9.17) is 0 Å². The first-order valence-electron chi connectivity index (χ1n) is 8.09. The standard InChI is InChI=1S/C20H22N4/c1-15-7-9-16(10-8-15)13-23-20(21-2)24-14-17-11-12-22-19-6-4-3-5-18(17)19/h3-12H,13-14H2,1-2H3,(H2,21,23,24). The average Bonchev–Trinajstić information content (AvgIpc) is 2.63. The van der Waals surface area contributed by atoms with Crippen LogP contribution < -0.4 is 10.6 Å². The molecule has 24 heavy (non-hydrogen) atoms. The lowest BCUT2D eigenvalue weighted by molar-refractivity contribution is 0.811. The molecule has 0 saturated heterocycles. The van der Waals surface area contributed by atoms with Crippen molar-refractivity contribution in [2.45, 2.75) is 20.0 Å². The van der Waals surface area contributed by atoms with Crippen LogP contribution in [0.3, 0.4) is 0 Å². The number of para-hydroxylation sites is 1. The number of aliphatic imine (C=N–C) groups is 1. The molecule has 0 aliphatic carbocycles. The van der Waals surface area contributed by atoms with Crippen molar-refractivity contribution < 1.29 is 0 Å². The normalized spacial score (nSPS) is 11.5. The molecule has 2 N–H and O–H groups in total. The number of aryl methyl sites for hydroxylation is 1. The van der Waals surface area contributed by atoms with Crippen molar-refractivity contribution in [2.75, 3.05) is 7.05 Å². The third kappa shape index (κ3) is 3.90. The molecule has 1 aromatic heterocycles. The number of aromatic nitrogens is 1. The van der Waals surface area contributed by atoms with Crippen LogP contribution in [0.4, 0.5) is 0 Å².